The second kappa shape index (κ2) is 6.74. The maximum absolute atomic E-state index is 11.0. The average molecular weight is 326 g/mol. The second-order valence-electron chi connectivity index (χ2n) is 4.40. The summed E-state index contributed by atoms with van der Waals surface area (Å²) in [6, 6.07) is 7.75. The molecule has 0 atom stereocenters. The Bertz CT molecular complexity index is 677. The Morgan fingerprint density at radius 2 is 2.05 bits per heavy atom. The van der Waals surface area contributed by atoms with E-state index in [0.717, 1.165) is 6.42 Å². The number of nitrogens with zero attached hydrogens (tertiary/aromatic N) is 2. The zero-order chi connectivity index (χ0) is 15.4. The molecule has 0 radical (unpaired) electrons. The minimum atomic E-state index is -0.452. The van der Waals surface area contributed by atoms with Gasteiger partial charge in [0, 0.05) is 23.2 Å². The molecule has 7 heteroatoms. The smallest absolute Gasteiger partial charge is 0.275 e. The first-order valence-electron chi connectivity index (χ1n) is 6.37. The first-order chi connectivity index (χ1) is 10.0. The average Bonchev–Trinajstić information content (AvgIpc) is 2.44. The number of anilines is 1. The Balaban J connectivity index is 2.50. The minimum absolute atomic E-state index is 0.0374. The summed E-state index contributed by atoms with van der Waals surface area (Å²) < 4.78 is 0. The van der Waals surface area contributed by atoms with Crippen molar-refractivity contribution in [3.8, 4) is 11.3 Å². The van der Waals surface area contributed by atoms with Crippen molar-refractivity contribution in [1.82, 2.24) is 4.98 Å². The molecule has 0 fully saturated rings. The molecule has 0 aliphatic rings. The largest absolute Gasteiger partial charge is 0.370 e. The van der Waals surface area contributed by atoms with Gasteiger partial charge < -0.3 is 5.32 Å². The quantitative estimate of drug-likeness (QED) is 0.634. The van der Waals surface area contributed by atoms with Crippen molar-refractivity contribution in [2.75, 3.05) is 11.9 Å². The van der Waals surface area contributed by atoms with Crippen molar-refractivity contribution in [3.05, 3.63) is 50.5 Å². The minimum Gasteiger partial charge on any atom is -0.370 e. The molecule has 0 amide bonds. The zero-order valence-electron chi connectivity index (χ0n) is 11.3. The molecule has 1 aromatic carbocycles. The van der Waals surface area contributed by atoms with Gasteiger partial charge in [-0.25, -0.2) is 4.98 Å². The predicted molar refractivity (Wildman–Crippen MR) is 85.1 cm³/mol. The topological polar surface area (TPSA) is 68.1 Å². The van der Waals surface area contributed by atoms with Crippen LogP contribution in [0.5, 0.6) is 0 Å². The van der Waals surface area contributed by atoms with Crippen LogP contribution >= 0.6 is 23.2 Å². The van der Waals surface area contributed by atoms with Gasteiger partial charge in [0.05, 0.1) is 21.7 Å². The third-order valence-electron chi connectivity index (χ3n) is 2.78. The lowest BCUT2D eigenvalue weighted by molar-refractivity contribution is -0.384. The van der Waals surface area contributed by atoms with Crippen molar-refractivity contribution in [1.29, 1.82) is 0 Å². The van der Waals surface area contributed by atoms with Gasteiger partial charge in [-0.3, -0.25) is 10.1 Å². The monoisotopic (exact) mass is 325 g/mol. The van der Waals surface area contributed by atoms with Crippen LogP contribution in [0.1, 0.15) is 13.3 Å². The van der Waals surface area contributed by atoms with Crippen molar-refractivity contribution in [2.45, 2.75) is 13.3 Å². The Morgan fingerprint density at radius 3 is 2.67 bits per heavy atom. The van der Waals surface area contributed by atoms with Crippen LogP contribution in [0.3, 0.4) is 0 Å². The molecule has 2 aromatic rings. The highest BCUT2D eigenvalue weighted by Crippen LogP contribution is 2.32. The number of rotatable bonds is 5. The summed E-state index contributed by atoms with van der Waals surface area (Å²) in [7, 11) is 0. The molecule has 5 nitrogen and oxygen atoms in total. The van der Waals surface area contributed by atoms with Crippen molar-refractivity contribution in [2.24, 2.45) is 0 Å². The van der Waals surface area contributed by atoms with E-state index in [1.54, 1.807) is 18.2 Å². The molecular weight excluding hydrogens is 313 g/mol. The fourth-order valence-corrected chi connectivity index (χ4v) is 2.31. The van der Waals surface area contributed by atoms with Gasteiger partial charge in [0.15, 0.2) is 0 Å². The lowest BCUT2D eigenvalue weighted by Gasteiger charge is -2.08. The lowest BCUT2D eigenvalue weighted by atomic mass is 10.1. The van der Waals surface area contributed by atoms with Crippen molar-refractivity contribution < 1.29 is 4.92 Å². The number of nitrogens with one attached hydrogen (secondary N) is 1. The number of pyridine rings is 1. The fraction of sp³-hybridized carbons (Fsp3) is 0.214. The third kappa shape index (κ3) is 3.83. The number of hydrogen-bond acceptors (Lipinski definition) is 4. The molecule has 0 spiro atoms. The molecule has 2 rings (SSSR count). The molecule has 0 aliphatic heterocycles. The summed E-state index contributed by atoms with van der Waals surface area (Å²) in [5.41, 5.74) is 0.999. The molecule has 0 bridgehead atoms. The van der Waals surface area contributed by atoms with Crippen molar-refractivity contribution in [3.63, 3.8) is 0 Å². The lowest BCUT2D eigenvalue weighted by Crippen LogP contribution is -2.03. The van der Waals surface area contributed by atoms with Crippen LogP contribution in [-0.2, 0) is 0 Å². The highest BCUT2D eigenvalue weighted by atomic mass is 35.5. The number of nitro groups is 1. The Morgan fingerprint density at radius 1 is 1.29 bits per heavy atom. The van der Waals surface area contributed by atoms with E-state index >= 15 is 0 Å². The molecule has 0 saturated heterocycles. The van der Waals surface area contributed by atoms with Gasteiger partial charge in [-0.2, -0.15) is 0 Å². The Labute approximate surface area is 132 Å². The first kappa shape index (κ1) is 15.5. The van der Waals surface area contributed by atoms with E-state index in [9.17, 15) is 10.1 Å². The molecule has 1 heterocycles. The molecule has 1 N–H and O–H groups in total. The first-order valence-corrected chi connectivity index (χ1v) is 7.12. The van der Waals surface area contributed by atoms with Gasteiger partial charge in [0.2, 0.25) is 0 Å². The number of benzene rings is 1. The van der Waals surface area contributed by atoms with E-state index in [1.165, 1.54) is 12.1 Å². The van der Waals surface area contributed by atoms with Crippen LogP contribution in [0, 0.1) is 10.1 Å². The van der Waals surface area contributed by atoms with E-state index in [1.807, 2.05) is 6.92 Å². The molecule has 110 valence electrons. The highest BCUT2D eigenvalue weighted by molar-refractivity contribution is 6.36. The third-order valence-corrected chi connectivity index (χ3v) is 3.33. The van der Waals surface area contributed by atoms with Crippen LogP contribution < -0.4 is 5.32 Å². The van der Waals surface area contributed by atoms with Crippen LogP contribution in [-0.4, -0.2) is 16.5 Å². The number of halogens is 2. The van der Waals surface area contributed by atoms with Crippen LogP contribution in [0.25, 0.3) is 11.3 Å². The van der Waals surface area contributed by atoms with E-state index in [-0.39, 0.29) is 5.69 Å². The Hall–Kier alpha value is -1.85. The van der Waals surface area contributed by atoms with Gasteiger partial charge >= 0.3 is 0 Å². The highest BCUT2D eigenvalue weighted by Gasteiger charge is 2.14. The Kier molecular flexibility index (Phi) is 4.98. The van der Waals surface area contributed by atoms with Gasteiger partial charge in [-0.1, -0.05) is 30.1 Å². The van der Waals surface area contributed by atoms with E-state index in [4.69, 9.17) is 23.2 Å². The van der Waals surface area contributed by atoms with E-state index < -0.39 is 4.92 Å². The SMILES string of the molecule is CCCNc1cc([N+](=O)[O-])cc(-c2ccc(Cl)cc2Cl)n1. The number of hydrogen-bond donors (Lipinski definition) is 1. The predicted octanol–water partition coefficient (Wildman–Crippen LogP) is 4.79. The summed E-state index contributed by atoms with van der Waals surface area (Å²) in [6.45, 7) is 2.68. The number of aromatic nitrogens is 1. The maximum Gasteiger partial charge on any atom is 0.275 e. The summed E-state index contributed by atoms with van der Waals surface area (Å²) in [5.74, 6) is 0.451. The second-order valence-corrected chi connectivity index (χ2v) is 5.25. The van der Waals surface area contributed by atoms with Crippen LogP contribution in [0.4, 0.5) is 11.5 Å². The van der Waals surface area contributed by atoms with Crippen LogP contribution in [0.15, 0.2) is 30.3 Å². The summed E-state index contributed by atoms with van der Waals surface area (Å²) in [5, 5.41) is 15.0. The molecule has 0 saturated carbocycles. The van der Waals surface area contributed by atoms with E-state index in [2.05, 4.69) is 10.3 Å². The normalized spacial score (nSPS) is 10.4. The summed E-state index contributed by atoms with van der Waals surface area (Å²) in [6.07, 6.45) is 0.890. The summed E-state index contributed by atoms with van der Waals surface area (Å²) in [4.78, 5) is 15.0. The standard InChI is InChI=1S/C14H13Cl2N3O2/c1-2-5-17-14-8-10(19(20)21)7-13(18-14)11-4-3-9(15)6-12(11)16/h3-4,6-8H,2,5H2,1H3,(H,17,18). The van der Waals surface area contributed by atoms with Crippen LogP contribution in [0.2, 0.25) is 10.0 Å². The summed E-state index contributed by atoms with van der Waals surface area (Å²) >= 11 is 12.0. The zero-order valence-corrected chi connectivity index (χ0v) is 12.8. The molecule has 0 unspecified atom stereocenters. The van der Waals surface area contributed by atoms with Gasteiger partial charge in [-0.15, -0.1) is 0 Å². The molecule has 1 aromatic heterocycles. The van der Waals surface area contributed by atoms with Gasteiger partial charge in [-0.05, 0) is 24.6 Å². The molecule has 21 heavy (non-hydrogen) atoms. The van der Waals surface area contributed by atoms with Gasteiger partial charge in [0.25, 0.3) is 5.69 Å². The fourth-order valence-electron chi connectivity index (χ4n) is 1.80. The van der Waals surface area contributed by atoms with Gasteiger partial charge in [0.1, 0.15) is 5.82 Å². The maximum atomic E-state index is 11.0. The van der Waals surface area contributed by atoms with E-state index in [0.29, 0.717) is 33.7 Å². The molecular formula is C14H13Cl2N3O2. The van der Waals surface area contributed by atoms with Crippen molar-refractivity contribution >= 4 is 34.7 Å². The molecule has 0 aliphatic carbocycles.